The topological polar surface area (TPSA) is 66.4 Å². The van der Waals surface area contributed by atoms with E-state index < -0.39 is 12.4 Å². The molecule has 0 bridgehead atoms. The van der Waals surface area contributed by atoms with Crippen LogP contribution in [0, 0.1) is 46.3 Å². The zero-order valence-corrected chi connectivity index (χ0v) is 19.6. The monoisotopic (exact) mass is 417 g/mol. The Balaban J connectivity index is 1.45. The molecule has 0 heterocycles. The van der Waals surface area contributed by atoms with E-state index in [9.17, 15) is 9.59 Å². The van der Waals surface area contributed by atoms with Gasteiger partial charge in [0.1, 0.15) is 6.42 Å². The van der Waals surface area contributed by atoms with Crippen molar-refractivity contribution in [1.29, 1.82) is 0 Å². The highest BCUT2D eigenvalue weighted by Crippen LogP contribution is 2.68. The predicted octanol–water partition coefficient (Wildman–Crippen LogP) is 5.65. The highest BCUT2D eigenvalue weighted by atomic mass is 16.4. The molecule has 0 saturated heterocycles. The van der Waals surface area contributed by atoms with E-state index in [2.05, 4.69) is 33.0 Å². The summed E-state index contributed by atoms with van der Waals surface area (Å²) in [7, 11) is 0. The van der Waals surface area contributed by atoms with Crippen molar-refractivity contribution >= 4 is 11.9 Å². The maximum atomic E-state index is 12.0. The van der Waals surface area contributed by atoms with Crippen LogP contribution >= 0.6 is 0 Å². The van der Waals surface area contributed by atoms with E-state index in [0.29, 0.717) is 16.7 Å². The normalized spacial score (nSPS) is 46.3. The number of carbonyl (C=O) groups is 2. The van der Waals surface area contributed by atoms with Gasteiger partial charge in [-0.3, -0.25) is 9.59 Å². The Morgan fingerprint density at radius 1 is 1.00 bits per heavy atom. The Hall–Kier alpha value is -1.06. The van der Waals surface area contributed by atoms with Crippen molar-refractivity contribution in [2.45, 2.75) is 104 Å². The van der Waals surface area contributed by atoms with Gasteiger partial charge in [-0.15, -0.1) is 0 Å². The quantitative estimate of drug-likeness (QED) is 0.568. The summed E-state index contributed by atoms with van der Waals surface area (Å²) < 4.78 is 0. The molecular formula is C26H43NO3. The van der Waals surface area contributed by atoms with Gasteiger partial charge in [0.15, 0.2) is 0 Å². The minimum atomic E-state index is -1.04. The summed E-state index contributed by atoms with van der Waals surface area (Å²) >= 11 is 0. The van der Waals surface area contributed by atoms with Gasteiger partial charge in [0.25, 0.3) is 0 Å². The van der Waals surface area contributed by atoms with E-state index in [1.54, 1.807) is 0 Å². The third-order valence-corrected chi connectivity index (χ3v) is 10.7. The molecule has 170 valence electrons. The Morgan fingerprint density at radius 3 is 2.40 bits per heavy atom. The molecule has 0 spiro atoms. The molecule has 1 amide bonds. The number of carboxylic acid groups (broad SMARTS) is 1. The van der Waals surface area contributed by atoms with Crippen molar-refractivity contribution in [3.05, 3.63) is 0 Å². The van der Waals surface area contributed by atoms with E-state index in [0.717, 1.165) is 42.4 Å². The average Bonchev–Trinajstić information content (AvgIpc) is 3.04. The number of nitrogens with one attached hydrogen (secondary N) is 1. The van der Waals surface area contributed by atoms with Crippen LogP contribution in [-0.2, 0) is 9.59 Å². The number of fused-ring (bicyclic) bond motifs is 5. The first-order valence-corrected chi connectivity index (χ1v) is 12.7. The van der Waals surface area contributed by atoms with E-state index in [-0.39, 0.29) is 11.9 Å². The molecule has 4 saturated carbocycles. The fourth-order valence-electron chi connectivity index (χ4n) is 9.07. The lowest BCUT2D eigenvalue weighted by atomic mass is 9.44. The minimum Gasteiger partial charge on any atom is -0.481 e. The average molecular weight is 418 g/mol. The van der Waals surface area contributed by atoms with Gasteiger partial charge in [-0.05, 0) is 104 Å². The van der Waals surface area contributed by atoms with Crippen LogP contribution in [0.1, 0.15) is 98.3 Å². The van der Waals surface area contributed by atoms with Gasteiger partial charge in [0.05, 0.1) is 0 Å². The van der Waals surface area contributed by atoms with Crippen LogP contribution in [0.25, 0.3) is 0 Å². The minimum absolute atomic E-state index is 0.168. The Bertz CT molecular complexity index is 677. The first-order valence-electron chi connectivity index (χ1n) is 12.7. The van der Waals surface area contributed by atoms with Gasteiger partial charge in [-0.25, -0.2) is 0 Å². The van der Waals surface area contributed by atoms with Crippen LogP contribution in [0.4, 0.5) is 0 Å². The van der Waals surface area contributed by atoms with Crippen LogP contribution in [0.15, 0.2) is 0 Å². The predicted molar refractivity (Wildman–Crippen MR) is 119 cm³/mol. The van der Waals surface area contributed by atoms with Crippen molar-refractivity contribution < 1.29 is 14.7 Å². The maximum absolute atomic E-state index is 12.0. The molecule has 4 aliphatic carbocycles. The summed E-state index contributed by atoms with van der Waals surface area (Å²) in [6.07, 6.45) is 12.5. The number of rotatable bonds is 5. The lowest BCUT2D eigenvalue weighted by Gasteiger charge is -2.61. The number of amides is 1. The largest absolute Gasteiger partial charge is 0.481 e. The van der Waals surface area contributed by atoms with Crippen molar-refractivity contribution in [2.75, 3.05) is 0 Å². The van der Waals surface area contributed by atoms with E-state index in [1.807, 2.05) is 0 Å². The van der Waals surface area contributed by atoms with Gasteiger partial charge in [0.2, 0.25) is 5.91 Å². The van der Waals surface area contributed by atoms with Crippen LogP contribution in [0.3, 0.4) is 0 Å². The number of aliphatic carboxylic acids is 1. The van der Waals surface area contributed by atoms with Crippen molar-refractivity contribution in [3.63, 3.8) is 0 Å². The number of hydrogen-bond acceptors (Lipinski definition) is 2. The second kappa shape index (κ2) is 8.13. The van der Waals surface area contributed by atoms with Crippen molar-refractivity contribution in [3.8, 4) is 0 Å². The Kier molecular flexibility index (Phi) is 6.00. The van der Waals surface area contributed by atoms with Crippen LogP contribution in [-0.4, -0.2) is 23.0 Å². The molecule has 1 unspecified atom stereocenters. The molecule has 0 aliphatic heterocycles. The second-order valence-electron chi connectivity index (χ2n) is 11.9. The molecule has 2 N–H and O–H groups in total. The van der Waals surface area contributed by atoms with Gasteiger partial charge >= 0.3 is 5.97 Å². The fourth-order valence-corrected chi connectivity index (χ4v) is 9.07. The standard InChI is InChI=1S/C26H43NO3/c1-5-16(2)20-8-9-21-19-7-6-17-14-18(27-23(28)15-24(29)30)10-12-25(17,3)22(19)11-13-26(20,21)4/h16-22H,5-15H2,1-4H3,(H,27,28)(H,29,30)/t16-,17-,18-,19+,20?,21+,22+,25+,26-/m1/s1. The van der Waals surface area contributed by atoms with Gasteiger partial charge in [-0.1, -0.05) is 34.1 Å². The number of carbonyl (C=O) groups excluding carboxylic acids is 1. The third-order valence-electron chi connectivity index (χ3n) is 10.7. The second-order valence-corrected chi connectivity index (χ2v) is 11.9. The third kappa shape index (κ3) is 3.60. The van der Waals surface area contributed by atoms with E-state index in [1.165, 1.54) is 51.4 Å². The van der Waals surface area contributed by atoms with Gasteiger partial charge in [0, 0.05) is 6.04 Å². The highest BCUT2D eigenvalue weighted by molar-refractivity contribution is 5.93. The summed E-state index contributed by atoms with van der Waals surface area (Å²) in [5.41, 5.74) is 0.967. The molecule has 4 nitrogen and oxygen atoms in total. The lowest BCUT2D eigenvalue weighted by Crippen LogP contribution is -2.55. The summed E-state index contributed by atoms with van der Waals surface area (Å²) in [5.74, 6) is 3.76. The molecule has 0 aromatic rings. The highest BCUT2D eigenvalue weighted by Gasteiger charge is 2.60. The molecule has 4 aliphatic rings. The molecule has 0 aromatic carbocycles. The van der Waals surface area contributed by atoms with E-state index >= 15 is 0 Å². The summed E-state index contributed by atoms with van der Waals surface area (Å²) in [5, 5.41) is 11.9. The summed E-state index contributed by atoms with van der Waals surface area (Å²) in [6.45, 7) is 10.1. The van der Waals surface area contributed by atoms with Crippen LogP contribution in [0.2, 0.25) is 0 Å². The van der Waals surface area contributed by atoms with Crippen LogP contribution in [0.5, 0.6) is 0 Å². The van der Waals surface area contributed by atoms with Crippen molar-refractivity contribution in [1.82, 2.24) is 5.32 Å². The van der Waals surface area contributed by atoms with Crippen LogP contribution < -0.4 is 5.32 Å². The van der Waals surface area contributed by atoms with Gasteiger partial charge < -0.3 is 10.4 Å². The number of hydrogen-bond donors (Lipinski definition) is 2. The lowest BCUT2D eigenvalue weighted by molar-refractivity contribution is -0.141. The first kappa shape index (κ1) is 22.1. The summed E-state index contributed by atoms with van der Waals surface area (Å²) in [6, 6.07) is 0.168. The molecule has 4 rings (SSSR count). The smallest absolute Gasteiger partial charge is 0.312 e. The SMILES string of the molecule is CC[C@@H](C)C1CC[C@H]2[C@@H]3CC[C@@H]4C[C@H](NC(=O)CC(=O)O)CC[C@]4(C)[C@H]3CC[C@]12C. The molecule has 0 aromatic heterocycles. The first-order chi connectivity index (χ1) is 14.2. The van der Waals surface area contributed by atoms with Gasteiger partial charge in [-0.2, -0.15) is 0 Å². The zero-order valence-electron chi connectivity index (χ0n) is 19.6. The van der Waals surface area contributed by atoms with E-state index in [4.69, 9.17) is 5.11 Å². The number of carboxylic acids is 1. The molecule has 4 heteroatoms. The van der Waals surface area contributed by atoms with Crippen molar-refractivity contribution in [2.24, 2.45) is 46.3 Å². The molecule has 4 fully saturated rings. The zero-order chi connectivity index (χ0) is 21.7. The fraction of sp³-hybridized carbons (Fsp3) is 0.923. The molecule has 9 atom stereocenters. The Morgan fingerprint density at radius 2 is 1.70 bits per heavy atom. The molecule has 0 radical (unpaired) electrons. The Labute approximate surface area is 183 Å². The molecule has 30 heavy (non-hydrogen) atoms. The molecular weight excluding hydrogens is 374 g/mol. The summed E-state index contributed by atoms with van der Waals surface area (Å²) in [4.78, 5) is 22.8. The maximum Gasteiger partial charge on any atom is 0.312 e.